The van der Waals surface area contributed by atoms with Crippen molar-refractivity contribution >= 4 is 0 Å². The van der Waals surface area contributed by atoms with Gasteiger partial charge >= 0.3 is 0 Å². The monoisotopic (exact) mass is 247 g/mol. The summed E-state index contributed by atoms with van der Waals surface area (Å²) in [7, 11) is 0. The maximum atomic E-state index is 8.98. The highest BCUT2D eigenvalue weighted by atomic mass is 14.4. The molecule has 0 amide bonds. The molecule has 3 unspecified atom stereocenters. The van der Waals surface area contributed by atoms with Gasteiger partial charge in [-0.3, -0.25) is 0 Å². The van der Waals surface area contributed by atoms with Crippen molar-refractivity contribution in [2.45, 2.75) is 71.6 Å². The first kappa shape index (κ1) is 13.9. The lowest BCUT2D eigenvalue weighted by Gasteiger charge is -2.41. The van der Waals surface area contributed by atoms with Gasteiger partial charge in [0.1, 0.15) is 0 Å². The molecule has 18 heavy (non-hydrogen) atoms. The zero-order chi connectivity index (χ0) is 13.0. The maximum Gasteiger partial charge on any atom is 0.0655 e. The van der Waals surface area contributed by atoms with Gasteiger partial charge in [-0.1, -0.05) is 33.1 Å². The summed E-state index contributed by atoms with van der Waals surface area (Å²) in [5, 5.41) is 8.98. The Labute approximate surface area is 113 Å². The Balaban J connectivity index is 1.82. The normalized spacial score (nSPS) is 41.3. The first-order valence-electron chi connectivity index (χ1n) is 8.14. The molecule has 0 N–H and O–H groups in total. The molecule has 102 valence electrons. The molecular weight excluding hydrogens is 218 g/mol. The second-order valence-corrected chi connectivity index (χ2v) is 6.85. The third-order valence-corrected chi connectivity index (χ3v) is 5.60. The van der Waals surface area contributed by atoms with E-state index in [2.05, 4.69) is 19.9 Å². The number of hydrogen-bond donors (Lipinski definition) is 0. The number of hydrogen-bond acceptors (Lipinski definition) is 1. The second kappa shape index (κ2) is 6.60. The fraction of sp³-hybridized carbons (Fsp3) is 0.941. The van der Waals surface area contributed by atoms with Crippen LogP contribution in [0.25, 0.3) is 0 Å². The Kier molecular flexibility index (Phi) is 5.10. The van der Waals surface area contributed by atoms with Crippen molar-refractivity contribution in [1.29, 1.82) is 5.26 Å². The van der Waals surface area contributed by atoms with E-state index in [0.29, 0.717) is 5.92 Å². The van der Waals surface area contributed by atoms with Crippen molar-refractivity contribution < 1.29 is 0 Å². The first-order valence-corrected chi connectivity index (χ1v) is 8.14. The van der Waals surface area contributed by atoms with Crippen molar-refractivity contribution in [3.05, 3.63) is 0 Å². The summed E-state index contributed by atoms with van der Waals surface area (Å²) in [4.78, 5) is 0. The van der Waals surface area contributed by atoms with E-state index in [1.165, 1.54) is 57.8 Å². The van der Waals surface area contributed by atoms with E-state index in [-0.39, 0.29) is 0 Å². The summed E-state index contributed by atoms with van der Waals surface area (Å²) in [5.74, 6) is 4.22. The molecule has 2 saturated carbocycles. The lowest BCUT2D eigenvalue weighted by Crippen LogP contribution is -2.31. The van der Waals surface area contributed by atoms with Crippen molar-refractivity contribution in [3.8, 4) is 6.07 Å². The molecule has 1 nitrogen and oxygen atoms in total. The minimum absolute atomic E-state index is 0.369. The third-order valence-electron chi connectivity index (χ3n) is 5.60. The number of nitrogens with zero attached hydrogens (tertiary/aromatic N) is 1. The van der Waals surface area contributed by atoms with Crippen LogP contribution >= 0.6 is 0 Å². The molecule has 0 spiro atoms. The maximum absolute atomic E-state index is 8.98. The van der Waals surface area contributed by atoms with Gasteiger partial charge in [0.2, 0.25) is 0 Å². The smallest absolute Gasteiger partial charge is 0.0655 e. The fourth-order valence-corrected chi connectivity index (χ4v) is 4.58. The van der Waals surface area contributed by atoms with Gasteiger partial charge in [-0.05, 0) is 62.2 Å². The average molecular weight is 247 g/mol. The Hall–Kier alpha value is -0.510. The predicted molar refractivity (Wildman–Crippen MR) is 76.0 cm³/mol. The van der Waals surface area contributed by atoms with Gasteiger partial charge in [-0.25, -0.2) is 0 Å². The van der Waals surface area contributed by atoms with Crippen LogP contribution in [0.1, 0.15) is 71.6 Å². The largest absolute Gasteiger partial charge is 0.198 e. The van der Waals surface area contributed by atoms with E-state index < -0.39 is 0 Å². The van der Waals surface area contributed by atoms with Gasteiger partial charge in [0.15, 0.2) is 0 Å². The molecule has 0 aromatic carbocycles. The van der Waals surface area contributed by atoms with Gasteiger partial charge in [-0.15, -0.1) is 0 Å². The molecule has 3 atom stereocenters. The van der Waals surface area contributed by atoms with Crippen LogP contribution in [-0.2, 0) is 0 Å². The molecule has 0 aromatic heterocycles. The van der Waals surface area contributed by atoms with E-state index in [9.17, 15) is 0 Å². The summed E-state index contributed by atoms with van der Waals surface area (Å²) in [6.45, 7) is 4.81. The fourth-order valence-electron chi connectivity index (χ4n) is 4.58. The van der Waals surface area contributed by atoms with E-state index in [1.807, 2.05) is 0 Å². The molecule has 0 aliphatic heterocycles. The summed E-state index contributed by atoms with van der Waals surface area (Å²) in [6, 6.07) is 2.46. The highest BCUT2D eigenvalue weighted by molar-refractivity contribution is 4.90. The van der Waals surface area contributed by atoms with E-state index in [1.54, 1.807) is 0 Å². The predicted octanol–water partition coefficient (Wildman–Crippen LogP) is 5.17. The van der Waals surface area contributed by atoms with Gasteiger partial charge in [0.05, 0.1) is 6.07 Å². The SMILES string of the molecule is CCCC1CCC(C2CCC(C#N)CC2)C(C)C1. The van der Waals surface area contributed by atoms with Crippen LogP contribution in [0.3, 0.4) is 0 Å². The molecule has 0 saturated heterocycles. The van der Waals surface area contributed by atoms with Crippen LogP contribution in [0, 0.1) is 40.9 Å². The minimum Gasteiger partial charge on any atom is -0.198 e. The Morgan fingerprint density at radius 2 is 1.78 bits per heavy atom. The zero-order valence-corrected chi connectivity index (χ0v) is 12.2. The third kappa shape index (κ3) is 3.28. The average Bonchev–Trinajstić information content (AvgIpc) is 2.40. The number of rotatable bonds is 3. The standard InChI is InChI=1S/C17H29N/c1-3-4-14-7-10-17(13(2)11-14)16-8-5-15(12-18)6-9-16/h13-17H,3-11H2,1-2H3. The zero-order valence-electron chi connectivity index (χ0n) is 12.2. The van der Waals surface area contributed by atoms with Crippen LogP contribution in [0.5, 0.6) is 0 Å². The summed E-state index contributed by atoms with van der Waals surface area (Å²) < 4.78 is 0. The number of nitriles is 1. The van der Waals surface area contributed by atoms with Gasteiger partial charge in [0, 0.05) is 5.92 Å². The molecular formula is C17H29N. The van der Waals surface area contributed by atoms with Gasteiger partial charge in [0.25, 0.3) is 0 Å². The Bertz CT molecular complexity index is 282. The molecule has 0 bridgehead atoms. The Morgan fingerprint density at radius 3 is 2.33 bits per heavy atom. The first-order chi connectivity index (χ1) is 8.74. The van der Waals surface area contributed by atoms with Crippen LogP contribution in [-0.4, -0.2) is 0 Å². The van der Waals surface area contributed by atoms with Crippen molar-refractivity contribution in [2.24, 2.45) is 29.6 Å². The van der Waals surface area contributed by atoms with Crippen LogP contribution in [0.15, 0.2) is 0 Å². The Morgan fingerprint density at radius 1 is 1.06 bits per heavy atom. The molecule has 2 aliphatic carbocycles. The second-order valence-electron chi connectivity index (χ2n) is 6.85. The van der Waals surface area contributed by atoms with Crippen molar-refractivity contribution in [1.82, 2.24) is 0 Å². The van der Waals surface area contributed by atoms with Crippen molar-refractivity contribution in [3.63, 3.8) is 0 Å². The lowest BCUT2D eigenvalue weighted by molar-refractivity contribution is 0.100. The van der Waals surface area contributed by atoms with Crippen molar-refractivity contribution in [2.75, 3.05) is 0 Å². The van der Waals surface area contributed by atoms with Gasteiger partial charge in [-0.2, -0.15) is 5.26 Å². The topological polar surface area (TPSA) is 23.8 Å². The van der Waals surface area contributed by atoms with E-state index >= 15 is 0 Å². The quantitative estimate of drug-likeness (QED) is 0.675. The molecule has 2 fully saturated rings. The molecule has 2 rings (SSSR count). The minimum atomic E-state index is 0.369. The van der Waals surface area contributed by atoms with Crippen LogP contribution in [0.2, 0.25) is 0 Å². The highest BCUT2D eigenvalue weighted by Crippen LogP contribution is 2.44. The van der Waals surface area contributed by atoms with E-state index in [4.69, 9.17) is 5.26 Å². The molecule has 0 radical (unpaired) electrons. The molecule has 1 heteroatoms. The lowest BCUT2D eigenvalue weighted by atomic mass is 9.64. The molecule has 2 aliphatic rings. The van der Waals surface area contributed by atoms with E-state index in [0.717, 1.165) is 23.7 Å². The summed E-state index contributed by atoms with van der Waals surface area (Å²) in [6.07, 6.45) is 12.2. The van der Waals surface area contributed by atoms with Gasteiger partial charge < -0.3 is 0 Å². The summed E-state index contributed by atoms with van der Waals surface area (Å²) >= 11 is 0. The molecule has 0 aromatic rings. The highest BCUT2D eigenvalue weighted by Gasteiger charge is 2.34. The molecule has 0 heterocycles. The van der Waals surface area contributed by atoms with Crippen LogP contribution < -0.4 is 0 Å². The van der Waals surface area contributed by atoms with Crippen LogP contribution in [0.4, 0.5) is 0 Å². The summed E-state index contributed by atoms with van der Waals surface area (Å²) in [5.41, 5.74) is 0.